The summed E-state index contributed by atoms with van der Waals surface area (Å²) in [5.74, 6) is 0.551. The Labute approximate surface area is 183 Å². The highest BCUT2D eigenvalue weighted by molar-refractivity contribution is 7.18. The van der Waals surface area contributed by atoms with Gasteiger partial charge in [-0.25, -0.2) is 9.67 Å². The zero-order chi connectivity index (χ0) is 21.0. The van der Waals surface area contributed by atoms with Gasteiger partial charge in [0, 0.05) is 31.0 Å². The highest BCUT2D eigenvalue weighted by atomic mass is 32.1. The standard InChI is InChI=1S/C23H21N5O2S/c29-22(26-18-7-8-21(24-16-18)28-10-4-9-25-28)20-15-19(17-5-2-1-3-6-17)23(31-20)27-11-13-30-14-12-27/h1-10,15-16H,11-14H2,(H,26,29). The Bertz CT molecular complexity index is 1150. The second-order valence-corrected chi connectivity index (χ2v) is 8.14. The van der Waals surface area contributed by atoms with Crippen LogP contribution in [0.3, 0.4) is 0 Å². The maximum Gasteiger partial charge on any atom is 0.265 e. The molecule has 0 spiro atoms. The summed E-state index contributed by atoms with van der Waals surface area (Å²) in [5, 5.41) is 8.23. The van der Waals surface area contributed by atoms with Crippen molar-refractivity contribution in [2.24, 2.45) is 0 Å². The second-order valence-electron chi connectivity index (χ2n) is 7.10. The Morgan fingerprint density at radius 1 is 1.06 bits per heavy atom. The van der Waals surface area contributed by atoms with Crippen LogP contribution >= 0.6 is 11.3 Å². The normalized spacial score (nSPS) is 13.9. The largest absolute Gasteiger partial charge is 0.378 e. The van der Waals surface area contributed by atoms with Crippen LogP contribution < -0.4 is 10.2 Å². The van der Waals surface area contributed by atoms with E-state index < -0.39 is 0 Å². The Balaban J connectivity index is 1.40. The fourth-order valence-electron chi connectivity index (χ4n) is 3.51. The van der Waals surface area contributed by atoms with Crippen LogP contribution in [0.25, 0.3) is 16.9 Å². The predicted octanol–water partition coefficient (Wildman–Crippen LogP) is 4.08. The van der Waals surface area contributed by atoms with Crippen molar-refractivity contribution in [3.63, 3.8) is 0 Å². The first kappa shape index (κ1) is 19.5. The highest BCUT2D eigenvalue weighted by Gasteiger charge is 2.22. The van der Waals surface area contributed by atoms with Gasteiger partial charge in [0.2, 0.25) is 0 Å². The molecule has 4 heterocycles. The third-order valence-corrected chi connectivity index (χ3v) is 6.26. The summed E-state index contributed by atoms with van der Waals surface area (Å²) in [5.41, 5.74) is 2.82. The van der Waals surface area contributed by atoms with Crippen molar-refractivity contribution in [2.75, 3.05) is 36.5 Å². The van der Waals surface area contributed by atoms with Crippen LogP contribution in [0.4, 0.5) is 10.7 Å². The van der Waals surface area contributed by atoms with Crippen molar-refractivity contribution in [3.8, 4) is 16.9 Å². The second kappa shape index (κ2) is 8.71. The van der Waals surface area contributed by atoms with E-state index in [1.54, 1.807) is 17.1 Å². The number of morpholine rings is 1. The Morgan fingerprint density at radius 3 is 2.61 bits per heavy atom. The van der Waals surface area contributed by atoms with E-state index in [1.807, 2.05) is 48.7 Å². The summed E-state index contributed by atoms with van der Waals surface area (Å²) in [6.45, 7) is 3.03. The Kier molecular flexibility index (Phi) is 5.47. The maximum absolute atomic E-state index is 13.0. The number of amides is 1. The SMILES string of the molecule is O=C(Nc1ccc(-n2cccn2)nc1)c1cc(-c2ccccc2)c(N2CCOCC2)s1. The van der Waals surface area contributed by atoms with E-state index in [4.69, 9.17) is 4.74 Å². The van der Waals surface area contributed by atoms with Gasteiger partial charge in [0.25, 0.3) is 5.91 Å². The number of aromatic nitrogens is 3. The quantitative estimate of drug-likeness (QED) is 0.515. The van der Waals surface area contributed by atoms with E-state index in [0.717, 1.165) is 29.2 Å². The number of hydrogen-bond acceptors (Lipinski definition) is 6. The first-order valence-electron chi connectivity index (χ1n) is 10.1. The van der Waals surface area contributed by atoms with Crippen LogP contribution in [0.2, 0.25) is 0 Å². The van der Waals surface area contributed by atoms with Crippen molar-refractivity contribution in [1.82, 2.24) is 14.8 Å². The van der Waals surface area contributed by atoms with Gasteiger partial charge in [-0.3, -0.25) is 4.79 Å². The first-order valence-corrected chi connectivity index (χ1v) is 10.9. The molecule has 1 amide bonds. The molecule has 5 rings (SSSR count). The van der Waals surface area contributed by atoms with Crippen molar-refractivity contribution in [2.45, 2.75) is 0 Å². The molecule has 7 nitrogen and oxygen atoms in total. The minimum atomic E-state index is -0.143. The molecule has 1 fully saturated rings. The molecule has 3 aromatic heterocycles. The van der Waals surface area contributed by atoms with E-state index in [-0.39, 0.29) is 5.91 Å². The molecular weight excluding hydrogens is 410 g/mol. The van der Waals surface area contributed by atoms with Crippen molar-refractivity contribution < 1.29 is 9.53 Å². The van der Waals surface area contributed by atoms with Crippen LogP contribution in [0, 0.1) is 0 Å². The lowest BCUT2D eigenvalue weighted by molar-refractivity contribution is 0.103. The average molecular weight is 432 g/mol. The van der Waals surface area contributed by atoms with E-state index in [0.29, 0.717) is 29.6 Å². The van der Waals surface area contributed by atoms with E-state index in [2.05, 4.69) is 32.4 Å². The van der Waals surface area contributed by atoms with Gasteiger partial charge in [-0.05, 0) is 29.8 Å². The van der Waals surface area contributed by atoms with Crippen LogP contribution in [-0.4, -0.2) is 47.0 Å². The smallest absolute Gasteiger partial charge is 0.265 e. The molecule has 1 saturated heterocycles. The number of anilines is 2. The number of nitrogens with one attached hydrogen (secondary N) is 1. The van der Waals surface area contributed by atoms with Gasteiger partial charge in [0.05, 0.1) is 35.0 Å². The molecular formula is C23H21N5O2S. The van der Waals surface area contributed by atoms with Gasteiger partial charge in [0.1, 0.15) is 0 Å². The van der Waals surface area contributed by atoms with Gasteiger partial charge in [-0.15, -0.1) is 11.3 Å². The number of carbonyl (C=O) groups is 1. The molecule has 8 heteroatoms. The molecule has 156 valence electrons. The van der Waals surface area contributed by atoms with Crippen LogP contribution in [-0.2, 0) is 4.74 Å². The zero-order valence-corrected chi connectivity index (χ0v) is 17.6. The molecule has 1 N–H and O–H groups in total. The molecule has 0 bridgehead atoms. The molecule has 4 aromatic rings. The topological polar surface area (TPSA) is 72.3 Å². The van der Waals surface area contributed by atoms with E-state index in [1.165, 1.54) is 11.3 Å². The lowest BCUT2D eigenvalue weighted by Crippen LogP contribution is -2.35. The average Bonchev–Trinajstić information content (AvgIpc) is 3.52. The van der Waals surface area contributed by atoms with E-state index in [9.17, 15) is 4.79 Å². The number of ether oxygens (including phenoxy) is 1. The zero-order valence-electron chi connectivity index (χ0n) is 16.8. The number of benzene rings is 1. The number of pyridine rings is 1. The lowest BCUT2D eigenvalue weighted by Gasteiger charge is -2.28. The summed E-state index contributed by atoms with van der Waals surface area (Å²) in [7, 11) is 0. The van der Waals surface area contributed by atoms with Gasteiger partial charge in [-0.2, -0.15) is 5.10 Å². The lowest BCUT2D eigenvalue weighted by atomic mass is 10.1. The number of rotatable bonds is 5. The fraction of sp³-hybridized carbons (Fsp3) is 0.174. The van der Waals surface area contributed by atoms with Gasteiger partial charge < -0.3 is 15.0 Å². The molecule has 0 radical (unpaired) electrons. The van der Waals surface area contributed by atoms with Crippen LogP contribution in [0.1, 0.15) is 9.67 Å². The minimum absolute atomic E-state index is 0.143. The third kappa shape index (κ3) is 4.21. The molecule has 0 atom stereocenters. The first-order chi connectivity index (χ1) is 15.3. The minimum Gasteiger partial charge on any atom is -0.378 e. The summed E-state index contributed by atoms with van der Waals surface area (Å²) in [4.78, 5) is 20.4. The van der Waals surface area contributed by atoms with Crippen molar-refractivity contribution in [3.05, 3.63) is 78.1 Å². The molecule has 31 heavy (non-hydrogen) atoms. The molecule has 1 aliphatic heterocycles. The highest BCUT2D eigenvalue weighted by Crippen LogP contribution is 2.39. The van der Waals surface area contributed by atoms with Gasteiger partial charge in [-0.1, -0.05) is 30.3 Å². The number of nitrogens with zero attached hydrogens (tertiary/aromatic N) is 4. The van der Waals surface area contributed by atoms with Crippen molar-refractivity contribution >= 4 is 27.9 Å². The monoisotopic (exact) mass is 431 g/mol. The number of thiophene rings is 1. The number of hydrogen-bond donors (Lipinski definition) is 1. The summed E-state index contributed by atoms with van der Waals surface area (Å²) >= 11 is 1.51. The molecule has 0 saturated carbocycles. The number of carbonyl (C=O) groups excluding carboxylic acids is 1. The van der Waals surface area contributed by atoms with Gasteiger partial charge >= 0.3 is 0 Å². The maximum atomic E-state index is 13.0. The predicted molar refractivity (Wildman–Crippen MR) is 122 cm³/mol. The van der Waals surface area contributed by atoms with Crippen LogP contribution in [0.15, 0.2) is 73.2 Å². The molecule has 0 unspecified atom stereocenters. The third-order valence-electron chi connectivity index (χ3n) is 5.06. The van der Waals surface area contributed by atoms with Gasteiger partial charge in [0.15, 0.2) is 5.82 Å². The Morgan fingerprint density at radius 2 is 1.90 bits per heavy atom. The fourth-order valence-corrected chi connectivity index (χ4v) is 4.64. The summed E-state index contributed by atoms with van der Waals surface area (Å²) < 4.78 is 7.18. The van der Waals surface area contributed by atoms with Crippen molar-refractivity contribution in [1.29, 1.82) is 0 Å². The Hall–Kier alpha value is -3.49. The van der Waals surface area contributed by atoms with Crippen LogP contribution in [0.5, 0.6) is 0 Å². The van der Waals surface area contributed by atoms with E-state index >= 15 is 0 Å². The molecule has 1 aliphatic rings. The molecule has 0 aliphatic carbocycles. The summed E-state index contributed by atoms with van der Waals surface area (Å²) in [6, 6.07) is 17.7. The molecule has 1 aromatic carbocycles. The summed E-state index contributed by atoms with van der Waals surface area (Å²) in [6.07, 6.45) is 5.17.